The molecule has 1 amide bonds. The summed E-state index contributed by atoms with van der Waals surface area (Å²) in [6.45, 7) is 3.71. The van der Waals surface area contributed by atoms with Crippen molar-refractivity contribution in [2.45, 2.75) is 19.9 Å². The molecular weight excluding hydrogens is 223 g/mol. The molecule has 0 aliphatic carbocycles. The summed E-state index contributed by atoms with van der Waals surface area (Å²) < 4.78 is 18.0. The number of benzene rings is 1. The maximum atomic E-state index is 12.8. The average Bonchev–Trinajstić information content (AvgIpc) is 2.26. The third-order valence-electron chi connectivity index (χ3n) is 2.49. The van der Waals surface area contributed by atoms with Crippen LogP contribution in [0.4, 0.5) is 10.1 Å². The SMILES string of the molecule is CC(C)N(C)C(=O)COc1ccc(F)cc1N. The van der Waals surface area contributed by atoms with Gasteiger partial charge in [0.2, 0.25) is 0 Å². The molecule has 1 aromatic rings. The highest BCUT2D eigenvalue weighted by Crippen LogP contribution is 2.21. The molecule has 0 bridgehead atoms. The van der Waals surface area contributed by atoms with E-state index in [0.29, 0.717) is 5.75 Å². The number of ether oxygens (including phenoxy) is 1. The van der Waals surface area contributed by atoms with E-state index in [1.165, 1.54) is 12.1 Å². The Kier molecular flexibility index (Phi) is 4.31. The maximum absolute atomic E-state index is 12.8. The standard InChI is InChI=1S/C12H17FN2O2/c1-8(2)15(3)12(16)7-17-11-5-4-9(13)6-10(11)14/h4-6,8H,7,14H2,1-3H3. The summed E-state index contributed by atoms with van der Waals surface area (Å²) in [7, 11) is 1.70. The van der Waals surface area contributed by atoms with Gasteiger partial charge in [0.15, 0.2) is 6.61 Å². The van der Waals surface area contributed by atoms with Crippen molar-refractivity contribution in [1.82, 2.24) is 4.90 Å². The molecule has 0 fully saturated rings. The smallest absolute Gasteiger partial charge is 0.260 e. The zero-order valence-corrected chi connectivity index (χ0v) is 10.2. The van der Waals surface area contributed by atoms with Gasteiger partial charge < -0.3 is 15.4 Å². The lowest BCUT2D eigenvalue weighted by atomic mass is 10.3. The van der Waals surface area contributed by atoms with Crippen LogP contribution in [0, 0.1) is 5.82 Å². The van der Waals surface area contributed by atoms with Gasteiger partial charge in [-0.1, -0.05) is 0 Å². The Bertz CT molecular complexity index is 407. The van der Waals surface area contributed by atoms with Gasteiger partial charge in [0.05, 0.1) is 5.69 Å². The van der Waals surface area contributed by atoms with Gasteiger partial charge in [-0.2, -0.15) is 0 Å². The largest absolute Gasteiger partial charge is 0.482 e. The van der Waals surface area contributed by atoms with Crippen LogP contribution < -0.4 is 10.5 Å². The first kappa shape index (κ1) is 13.3. The predicted molar refractivity (Wildman–Crippen MR) is 64.2 cm³/mol. The van der Waals surface area contributed by atoms with E-state index in [4.69, 9.17) is 10.5 Å². The molecule has 94 valence electrons. The van der Waals surface area contributed by atoms with E-state index in [1.54, 1.807) is 11.9 Å². The Hall–Kier alpha value is -1.78. The summed E-state index contributed by atoms with van der Waals surface area (Å²) in [6.07, 6.45) is 0. The molecule has 0 radical (unpaired) electrons. The van der Waals surface area contributed by atoms with Crippen LogP contribution in [0.3, 0.4) is 0 Å². The number of carbonyl (C=O) groups excluding carboxylic acids is 1. The highest BCUT2D eigenvalue weighted by atomic mass is 19.1. The number of carbonyl (C=O) groups is 1. The number of hydrogen-bond donors (Lipinski definition) is 1. The lowest BCUT2D eigenvalue weighted by molar-refractivity contribution is -0.133. The number of nitrogen functional groups attached to an aromatic ring is 1. The molecule has 4 nitrogen and oxygen atoms in total. The zero-order valence-electron chi connectivity index (χ0n) is 10.2. The van der Waals surface area contributed by atoms with Crippen molar-refractivity contribution in [3.05, 3.63) is 24.0 Å². The normalized spacial score (nSPS) is 10.4. The molecule has 0 saturated carbocycles. The first-order chi connectivity index (χ1) is 7.91. The predicted octanol–water partition coefficient (Wildman–Crippen LogP) is 1.65. The molecule has 0 heterocycles. The fourth-order valence-electron chi connectivity index (χ4n) is 1.18. The van der Waals surface area contributed by atoms with E-state index in [2.05, 4.69) is 0 Å². The molecule has 17 heavy (non-hydrogen) atoms. The minimum Gasteiger partial charge on any atom is -0.482 e. The number of anilines is 1. The molecule has 0 unspecified atom stereocenters. The van der Waals surface area contributed by atoms with Gasteiger partial charge in [0.25, 0.3) is 5.91 Å². The second kappa shape index (κ2) is 5.52. The van der Waals surface area contributed by atoms with Crippen molar-refractivity contribution in [2.75, 3.05) is 19.4 Å². The molecule has 2 N–H and O–H groups in total. The van der Waals surface area contributed by atoms with Crippen LogP contribution in [0.2, 0.25) is 0 Å². The molecule has 0 aromatic heterocycles. The van der Waals surface area contributed by atoms with Crippen LogP contribution in [-0.4, -0.2) is 30.5 Å². The molecule has 0 spiro atoms. The van der Waals surface area contributed by atoms with Crippen LogP contribution in [0.15, 0.2) is 18.2 Å². The van der Waals surface area contributed by atoms with Crippen molar-refractivity contribution < 1.29 is 13.9 Å². The number of amides is 1. The molecule has 0 aliphatic rings. The molecular formula is C12H17FN2O2. The summed E-state index contributed by atoms with van der Waals surface area (Å²) in [6, 6.07) is 3.92. The van der Waals surface area contributed by atoms with E-state index in [0.717, 1.165) is 6.07 Å². The summed E-state index contributed by atoms with van der Waals surface area (Å²) in [5.74, 6) is -0.263. The van der Waals surface area contributed by atoms with Crippen LogP contribution in [-0.2, 0) is 4.79 Å². The fraction of sp³-hybridized carbons (Fsp3) is 0.417. The summed E-state index contributed by atoms with van der Waals surface area (Å²) in [5, 5.41) is 0. The van der Waals surface area contributed by atoms with Crippen molar-refractivity contribution in [1.29, 1.82) is 0 Å². The quantitative estimate of drug-likeness (QED) is 0.814. The van der Waals surface area contributed by atoms with E-state index in [9.17, 15) is 9.18 Å². The van der Waals surface area contributed by atoms with E-state index in [-0.39, 0.29) is 24.2 Å². The number of hydrogen-bond acceptors (Lipinski definition) is 3. The lowest BCUT2D eigenvalue weighted by Gasteiger charge is -2.21. The first-order valence-electron chi connectivity index (χ1n) is 5.35. The number of halogens is 1. The highest BCUT2D eigenvalue weighted by Gasteiger charge is 2.13. The zero-order chi connectivity index (χ0) is 13.0. The Balaban J connectivity index is 2.59. The third-order valence-corrected chi connectivity index (χ3v) is 2.49. The molecule has 0 atom stereocenters. The number of likely N-dealkylation sites (N-methyl/N-ethyl adjacent to an activating group) is 1. The number of nitrogens with two attached hydrogens (primary N) is 1. The minimum absolute atomic E-state index is 0.107. The minimum atomic E-state index is -0.430. The number of nitrogens with zero attached hydrogens (tertiary/aromatic N) is 1. The monoisotopic (exact) mass is 240 g/mol. The van der Waals surface area contributed by atoms with Crippen molar-refractivity contribution >= 4 is 11.6 Å². The molecule has 1 aromatic carbocycles. The highest BCUT2D eigenvalue weighted by molar-refractivity contribution is 5.78. The summed E-state index contributed by atoms with van der Waals surface area (Å²) >= 11 is 0. The van der Waals surface area contributed by atoms with Crippen molar-refractivity contribution in [3.63, 3.8) is 0 Å². The Morgan fingerprint density at radius 3 is 2.71 bits per heavy atom. The van der Waals surface area contributed by atoms with Crippen LogP contribution in [0.5, 0.6) is 5.75 Å². The topological polar surface area (TPSA) is 55.6 Å². The van der Waals surface area contributed by atoms with E-state index in [1.807, 2.05) is 13.8 Å². The molecule has 0 saturated heterocycles. The average molecular weight is 240 g/mol. The van der Waals surface area contributed by atoms with Gasteiger partial charge in [-0.05, 0) is 26.0 Å². The first-order valence-corrected chi connectivity index (χ1v) is 5.35. The van der Waals surface area contributed by atoms with Gasteiger partial charge in [-0.25, -0.2) is 4.39 Å². The fourth-order valence-corrected chi connectivity index (χ4v) is 1.18. The third kappa shape index (κ3) is 3.62. The number of rotatable bonds is 4. The van der Waals surface area contributed by atoms with Crippen LogP contribution in [0.25, 0.3) is 0 Å². The van der Waals surface area contributed by atoms with Crippen molar-refractivity contribution in [3.8, 4) is 5.75 Å². The van der Waals surface area contributed by atoms with E-state index >= 15 is 0 Å². The van der Waals surface area contributed by atoms with Gasteiger partial charge >= 0.3 is 0 Å². The maximum Gasteiger partial charge on any atom is 0.260 e. The molecule has 0 aliphatic heterocycles. The van der Waals surface area contributed by atoms with Gasteiger partial charge in [-0.3, -0.25) is 4.79 Å². The van der Waals surface area contributed by atoms with Gasteiger partial charge in [-0.15, -0.1) is 0 Å². The molecule has 1 rings (SSSR count). The second-order valence-corrected chi connectivity index (χ2v) is 4.07. The van der Waals surface area contributed by atoms with Crippen LogP contribution in [0.1, 0.15) is 13.8 Å². The molecule has 5 heteroatoms. The van der Waals surface area contributed by atoms with Gasteiger partial charge in [0, 0.05) is 19.2 Å². The van der Waals surface area contributed by atoms with Crippen LogP contribution >= 0.6 is 0 Å². The summed E-state index contributed by atoms with van der Waals surface area (Å²) in [5.41, 5.74) is 5.74. The lowest BCUT2D eigenvalue weighted by Crippen LogP contribution is -2.36. The Morgan fingerprint density at radius 2 is 2.18 bits per heavy atom. The van der Waals surface area contributed by atoms with Gasteiger partial charge in [0.1, 0.15) is 11.6 Å². The Labute approximate surface area is 100 Å². The summed E-state index contributed by atoms with van der Waals surface area (Å²) in [4.78, 5) is 13.2. The van der Waals surface area contributed by atoms with E-state index < -0.39 is 5.82 Å². The second-order valence-electron chi connectivity index (χ2n) is 4.07. The Morgan fingerprint density at radius 1 is 1.53 bits per heavy atom. The van der Waals surface area contributed by atoms with Crippen molar-refractivity contribution in [2.24, 2.45) is 0 Å².